The van der Waals surface area contributed by atoms with E-state index in [9.17, 15) is 41.0 Å². The van der Waals surface area contributed by atoms with E-state index >= 15 is 0 Å². The largest absolute Gasteiger partial charge is 0.493 e. The normalized spacial score (nSPS) is 15.2. The quantitative estimate of drug-likeness (QED) is 0.0553. The summed E-state index contributed by atoms with van der Waals surface area (Å²) in [7, 11) is -0.999. The molecule has 14 heteroatoms. The Hall–Kier alpha value is -4.66. The van der Waals surface area contributed by atoms with Crippen LogP contribution in [0.25, 0.3) is 0 Å². The minimum absolute atomic E-state index is 0.0401. The molecule has 3 atom stereocenters. The highest BCUT2D eigenvalue weighted by molar-refractivity contribution is 7.02. The van der Waals surface area contributed by atoms with Crippen molar-refractivity contribution in [1.82, 2.24) is 0 Å². The Morgan fingerprint density at radius 3 is 1.60 bits per heavy atom. The van der Waals surface area contributed by atoms with E-state index in [0.717, 1.165) is 60.4 Å². The van der Waals surface area contributed by atoms with Crippen LogP contribution in [0.5, 0.6) is 11.5 Å². The Bertz CT molecular complexity index is 2080. The van der Waals surface area contributed by atoms with E-state index in [-0.39, 0.29) is 17.9 Å². The maximum absolute atomic E-state index is 14.5. The van der Waals surface area contributed by atoms with Gasteiger partial charge in [-0.3, -0.25) is 0 Å². The van der Waals surface area contributed by atoms with Gasteiger partial charge in [0.05, 0.1) is 6.61 Å². The number of esters is 1. The maximum Gasteiger partial charge on any atom is 0.432 e. The van der Waals surface area contributed by atoms with Crippen LogP contribution in [0.3, 0.4) is 0 Å². The molecule has 0 fully saturated rings. The van der Waals surface area contributed by atoms with E-state index in [1.807, 2.05) is 52.0 Å². The van der Waals surface area contributed by atoms with Crippen LogP contribution in [-0.4, -0.2) is 58.3 Å². The van der Waals surface area contributed by atoms with E-state index in [4.69, 9.17) is 18.9 Å². The molecule has 0 bridgehead atoms. The van der Waals surface area contributed by atoms with Gasteiger partial charge < -0.3 is 24.1 Å². The Morgan fingerprint density at radius 1 is 0.690 bits per heavy atom. The first kappa shape index (κ1) is 46.0. The molecule has 0 aliphatic rings. The molecule has 0 aromatic heterocycles. The van der Waals surface area contributed by atoms with Crippen molar-refractivity contribution in [2.75, 3.05) is 20.8 Å². The van der Waals surface area contributed by atoms with Gasteiger partial charge in [-0.1, -0.05) is 136 Å². The number of aliphatic carboxylic acids is 1. The van der Waals surface area contributed by atoms with Crippen molar-refractivity contribution in [2.24, 2.45) is 5.41 Å². The predicted molar refractivity (Wildman–Crippen MR) is 212 cm³/mol. The first-order valence-corrected chi connectivity index (χ1v) is 21.1. The molecule has 0 amide bonds. The highest BCUT2D eigenvalue weighted by atomic mass is 28.3. The molecular weight excluding hydrogens is 783 g/mol. The molecule has 4 aromatic carbocycles. The number of alkyl halides is 6. The SMILES string of the molecule is CC[Si](CC)(c1ccc(OC[C@@H](c2ccccc2[C@](OC)(C(=O)O)C(F)(F)F)C(C)(C)C)c(C)c1)c1ccc(OC(=O)[C@@](OC)(c2ccccc2)C(F)(F)F)c(C)c1. The van der Waals surface area contributed by atoms with E-state index in [1.54, 1.807) is 19.1 Å². The zero-order valence-electron chi connectivity index (χ0n) is 34.0. The summed E-state index contributed by atoms with van der Waals surface area (Å²) < 4.78 is 109. The van der Waals surface area contributed by atoms with Gasteiger partial charge in [-0.2, -0.15) is 26.3 Å². The number of rotatable bonds is 15. The van der Waals surface area contributed by atoms with Crippen molar-refractivity contribution in [1.29, 1.82) is 0 Å². The number of carboxylic acids is 1. The van der Waals surface area contributed by atoms with Crippen molar-refractivity contribution >= 4 is 30.4 Å². The molecule has 4 aromatic rings. The van der Waals surface area contributed by atoms with Gasteiger partial charge >= 0.3 is 24.3 Å². The standard InChI is InChI=1S/C44H50F6O7Si/c1-10-58(11-2,32-22-24-37(29(4)26-32)57-39(53)41(54-8,43(45,46)47)30-17-13-12-14-18-30)31-21-23-36(28(3)25-31)56-27-35(40(5,6)7)33-19-15-16-20-34(33)42(55-9,38(51)52)44(48,49)50/h12-26,35H,10-11,27H2,1-9H3,(H,51,52)/t35-,41-,42-/m0/s1. The highest BCUT2D eigenvalue weighted by Crippen LogP contribution is 2.48. The lowest BCUT2D eigenvalue weighted by molar-refractivity contribution is -0.274. The molecule has 0 saturated carbocycles. The van der Waals surface area contributed by atoms with E-state index in [2.05, 4.69) is 13.8 Å². The second kappa shape index (κ2) is 17.3. The molecule has 314 valence electrons. The molecule has 7 nitrogen and oxygen atoms in total. The number of hydrogen-bond acceptors (Lipinski definition) is 6. The van der Waals surface area contributed by atoms with Crippen LogP contribution < -0.4 is 19.8 Å². The van der Waals surface area contributed by atoms with Crippen LogP contribution in [0.2, 0.25) is 12.1 Å². The van der Waals surface area contributed by atoms with Crippen molar-refractivity contribution in [3.63, 3.8) is 0 Å². The number of carbonyl (C=O) groups excluding carboxylic acids is 1. The second-order valence-corrected chi connectivity index (χ2v) is 20.1. The summed E-state index contributed by atoms with van der Waals surface area (Å²) in [5, 5.41) is 11.9. The fourth-order valence-electron chi connectivity index (χ4n) is 7.77. The summed E-state index contributed by atoms with van der Waals surface area (Å²) in [5.74, 6) is -4.06. The zero-order chi connectivity index (χ0) is 43.5. The third kappa shape index (κ3) is 8.28. The summed E-state index contributed by atoms with van der Waals surface area (Å²) in [6.07, 6.45) is -10.4. The third-order valence-corrected chi connectivity index (χ3v) is 16.5. The molecule has 58 heavy (non-hydrogen) atoms. The van der Waals surface area contributed by atoms with Gasteiger partial charge in [0.2, 0.25) is 0 Å². The summed E-state index contributed by atoms with van der Waals surface area (Å²) in [4.78, 5) is 25.7. The molecule has 0 saturated heterocycles. The predicted octanol–water partition coefficient (Wildman–Crippen LogP) is 9.61. The summed E-state index contributed by atoms with van der Waals surface area (Å²) in [6, 6.07) is 24.5. The number of aryl methyl sites for hydroxylation is 2. The van der Waals surface area contributed by atoms with Crippen molar-refractivity contribution in [3.05, 3.63) is 119 Å². The summed E-state index contributed by atoms with van der Waals surface area (Å²) >= 11 is 0. The smallest absolute Gasteiger partial charge is 0.432 e. The monoisotopic (exact) mass is 832 g/mol. The lowest BCUT2D eigenvalue weighted by atomic mass is 9.73. The number of ether oxygens (including phenoxy) is 4. The summed E-state index contributed by atoms with van der Waals surface area (Å²) in [5.41, 5.74) is -7.23. The maximum atomic E-state index is 14.5. The first-order chi connectivity index (χ1) is 27.0. The number of carbonyl (C=O) groups is 2. The number of carboxylic acid groups (broad SMARTS) is 1. The van der Waals surface area contributed by atoms with Crippen LogP contribution in [0.4, 0.5) is 26.3 Å². The minimum Gasteiger partial charge on any atom is -0.493 e. The summed E-state index contributed by atoms with van der Waals surface area (Å²) in [6.45, 7) is 13.1. The first-order valence-electron chi connectivity index (χ1n) is 18.7. The van der Waals surface area contributed by atoms with Gasteiger partial charge in [0.1, 0.15) is 19.6 Å². The zero-order valence-corrected chi connectivity index (χ0v) is 35.0. The fourth-order valence-corrected chi connectivity index (χ4v) is 12.0. The van der Waals surface area contributed by atoms with Crippen LogP contribution in [0.1, 0.15) is 68.4 Å². The van der Waals surface area contributed by atoms with E-state index in [1.165, 1.54) is 36.4 Å². The highest BCUT2D eigenvalue weighted by Gasteiger charge is 2.65. The Kier molecular flexibility index (Phi) is 13.7. The van der Waals surface area contributed by atoms with Gasteiger partial charge in [0.25, 0.3) is 11.2 Å². The van der Waals surface area contributed by atoms with E-state index < -0.39 is 66.0 Å². The molecule has 4 rings (SSSR count). The van der Waals surface area contributed by atoms with Crippen molar-refractivity contribution in [3.8, 4) is 11.5 Å². The van der Waals surface area contributed by atoms with Gasteiger partial charge in [-0.15, -0.1) is 0 Å². The van der Waals surface area contributed by atoms with Gasteiger partial charge in [0, 0.05) is 31.3 Å². The number of halogens is 6. The number of benzene rings is 4. The van der Waals surface area contributed by atoms with Crippen LogP contribution >= 0.6 is 0 Å². The van der Waals surface area contributed by atoms with E-state index in [0.29, 0.717) is 11.3 Å². The molecule has 0 spiro atoms. The number of methoxy groups -OCH3 is 2. The Morgan fingerprint density at radius 2 is 1.17 bits per heavy atom. The average Bonchev–Trinajstić information content (AvgIpc) is 3.14. The van der Waals surface area contributed by atoms with Crippen molar-refractivity contribution < 1.29 is 60.0 Å². The Labute approximate surface area is 336 Å². The molecule has 0 aliphatic carbocycles. The average molecular weight is 833 g/mol. The topological polar surface area (TPSA) is 91.3 Å². The third-order valence-electron chi connectivity index (χ3n) is 11.2. The molecule has 0 heterocycles. The lowest BCUT2D eigenvalue weighted by Gasteiger charge is -2.37. The van der Waals surface area contributed by atoms with Gasteiger partial charge in [0.15, 0.2) is 0 Å². The van der Waals surface area contributed by atoms with Gasteiger partial charge in [-0.05, 0) is 48.1 Å². The Balaban J connectivity index is 1.68. The fraction of sp³-hybridized carbons (Fsp3) is 0.409. The van der Waals surface area contributed by atoms with Crippen LogP contribution in [0.15, 0.2) is 91.0 Å². The molecule has 0 aliphatic heterocycles. The minimum atomic E-state index is -5.27. The number of hydrogen-bond donors (Lipinski definition) is 1. The van der Waals surface area contributed by atoms with Crippen LogP contribution in [0, 0.1) is 19.3 Å². The van der Waals surface area contributed by atoms with Crippen molar-refractivity contribution in [2.45, 2.75) is 90.0 Å². The molecule has 1 N–H and O–H groups in total. The molecule has 0 radical (unpaired) electrons. The van der Waals surface area contributed by atoms with Gasteiger partial charge in [-0.25, -0.2) is 9.59 Å². The lowest BCUT2D eigenvalue weighted by Crippen LogP contribution is -2.57. The molecule has 0 unspecified atom stereocenters. The second-order valence-electron chi connectivity index (χ2n) is 15.4. The molecular formula is C44H50F6O7Si. The van der Waals surface area contributed by atoms with Crippen LogP contribution in [-0.2, 0) is 30.3 Å².